The maximum absolute atomic E-state index is 5.63. The number of rotatable bonds is 3. The summed E-state index contributed by atoms with van der Waals surface area (Å²) in [6.07, 6.45) is 0. The summed E-state index contributed by atoms with van der Waals surface area (Å²) >= 11 is 0. The number of nitrogens with two attached hydrogens (primary N) is 1. The third-order valence-electron chi connectivity index (χ3n) is 1.84. The average molecular weight is 194 g/mol. The molecule has 0 spiro atoms. The van der Waals surface area contributed by atoms with Crippen molar-refractivity contribution in [3.05, 3.63) is 29.8 Å². The summed E-state index contributed by atoms with van der Waals surface area (Å²) in [6, 6.07) is 7.31. The molecule has 3 radical (unpaired) electrons. The molecule has 13 heavy (non-hydrogen) atoms. The van der Waals surface area contributed by atoms with Gasteiger partial charge in [0.25, 0.3) is 0 Å². The zero-order chi connectivity index (χ0) is 9.90. The number of ether oxygens (including phenoxy) is 2. The van der Waals surface area contributed by atoms with Gasteiger partial charge < -0.3 is 15.2 Å². The minimum absolute atomic E-state index is 0.675. The third kappa shape index (κ3) is 2.09. The quantitative estimate of drug-likeness (QED) is 0.440. The molecule has 0 amide bonds. The first-order valence-corrected chi connectivity index (χ1v) is 4.33. The first-order chi connectivity index (χ1) is 6.12. The second kappa shape index (κ2) is 3.91. The largest absolute Gasteiger partial charge is 0.399 e. The lowest BCUT2D eigenvalue weighted by atomic mass is 10.2. The van der Waals surface area contributed by atoms with Gasteiger partial charge in [0.15, 0.2) is 5.41 Å². The van der Waals surface area contributed by atoms with Crippen molar-refractivity contribution in [3.63, 3.8) is 0 Å². The van der Waals surface area contributed by atoms with Gasteiger partial charge in [-0.05, 0) is 12.1 Å². The number of anilines is 1. The van der Waals surface area contributed by atoms with Crippen LogP contribution in [0.25, 0.3) is 0 Å². The molecule has 0 unspecified atom stereocenters. The molecule has 0 aliphatic rings. The summed E-state index contributed by atoms with van der Waals surface area (Å²) in [5.74, 6) is 0. The SMILES string of the molecule is COC([Si])(OC)c1cccc(N)c1. The Bertz CT molecular complexity index is 287. The van der Waals surface area contributed by atoms with Crippen LogP contribution in [0.3, 0.4) is 0 Å². The Labute approximate surface area is 81.3 Å². The van der Waals surface area contributed by atoms with Crippen molar-refractivity contribution in [2.45, 2.75) is 5.41 Å². The molecule has 0 saturated heterocycles. The Kier molecular flexibility index (Phi) is 3.08. The van der Waals surface area contributed by atoms with Crippen LogP contribution in [-0.2, 0) is 14.9 Å². The lowest BCUT2D eigenvalue weighted by Gasteiger charge is -2.27. The normalized spacial score (nSPS) is 11.6. The van der Waals surface area contributed by atoms with Gasteiger partial charge in [0.2, 0.25) is 0 Å². The molecule has 1 aromatic rings. The van der Waals surface area contributed by atoms with Crippen LogP contribution in [0.5, 0.6) is 0 Å². The fourth-order valence-electron chi connectivity index (χ4n) is 1.06. The van der Waals surface area contributed by atoms with Crippen LogP contribution in [0, 0.1) is 0 Å². The van der Waals surface area contributed by atoms with Crippen molar-refractivity contribution >= 4 is 15.9 Å². The molecule has 0 saturated carbocycles. The van der Waals surface area contributed by atoms with Crippen molar-refractivity contribution in [2.75, 3.05) is 20.0 Å². The van der Waals surface area contributed by atoms with Crippen LogP contribution < -0.4 is 5.73 Å². The van der Waals surface area contributed by atoms with E-state index < -0.39 is 5.41 Å². The van der Waals surface area contributed by atoms with Crippen LogP contribution in [0.1, 0.15) is 5.56 Å². The highest BCUT2D eigenvalue weighted by Gasteiger charge is 2.25. The lowest BCUT2D eigenvalue weighted by Crippen LogP contribution is -2.31. The maximum atomic E-state index is 5.63. The molecule has 0 heterocycles. The highest BCUT2D eigenvalue weighted by atomic mass is 28.1. The van der Waals surface area contributed by atoms with E-state index in [-0.39, 0.29) is 0 Å². The number of methoxy groups -OCH3 is 2. The molecule has 1 aromatic carbocycles. The van der Waals surface area contributed by atoms with Gasteiger partial charge in [-0.3, -0.25) is 0 Å². The van der Waals surface area contributed by atoms with Crippen molar-refractivity contribution in [1.82, 2.24) is 0 Å². The van der Waals surface area contributed by atoms with Crippen molar-refractivity contribution < 1.29 is 9.47 Å². The van der Waals surface area contributed by atoms with Gasteiger partial charge in [0, 0.05) is 25.5 Å². The number of nitrogen functional groups attached to an aromatic ring is 1. The molecule has 0 fully saturated rings. The molecule has 0 atom stereocenters. The van der Waals surface area contributed by atoms with Gasteiger partial charge in [-0.2, -0.15) is 0 Å². The van der Waals surface area contributed by atoms with Crippen LogP contribution in [-0.4, -0.2) is 24.5 Å². The second-order valence-electron chi connectivity index (χ2n) is 2.65. The van der Waals surface area contributed by atoms with E-state index in [1.165, 1.54) is 0 Å². The standard InChI is InChI=1S/C9H12NO2Si/c1-11-9(13,12-2)7-4-3-5-8(10)6-7/h3-6H,10H2,1-2H3. The molecule has 0 aliphatic heterocycles. The van der Waals surface area contributed by atoms with Crippen molar-refractivity contribution in [2.24, 2.45) is 0 Å². The lowest BCUT2D eigenvalue weighted by molar-refractivity contribution is -0.148. The van der Waals surface area contributed by atoms with Crippen molar-refractivity contribution in [1.29, 1.82) is 0 Å². The van der Waals surface area contributed by atoms with Gasteiger partial charge in [-0.25, -0.2) is 0 Å². The van der Waals surface area contributed by atoms with E-state index in [9.17, 15) is 0 Å². The Morgan fingerprint density at radius 2 is 1.92 bits per heavy atom. The number of hydrogen-bond donors (Lipinski definition) is 1. The van der Waals surface area contributed by atoms with E-state index >= 15 is 0 Å². The van der Waals surface area contributed by atoms with Gasteiger partial charge in [0.05, 0.1) is 0 Å². The summed E-state index contributed by atoms with van der Waals surface area (Å²) in [6.45, 7) is 0. The second-order valence-corrected chi connectivity index (χ2v) is 3.31. The van der Waals surface area contributed by atoms with Crippen LogP contribution in [0.15, 0.2) is 24.3 Å². The average Bonchev–Trinajstić information content (AvgIpc) is 2.17. The van der Waals surface area contributed by atoms with E-state index in [0.29, 0.717) is 5.69 Å². The van der Waals surface area contributed by atoms with Crippen LogP contribution in [0.4, 0.5) is 5.69 Å². The molecular weight excluding hydrogens is 182 g/mol. The van der Waals surface area contributed by atoms with E-state index in [0.717, 1.165) is 5.56 Å². The molecule has 0 bridgehead atoms. The fraction of sp³-hybridized carbons (Fsp3) is 0.333. The Morgan fingerprint density at radius 1 is 1.31 bits per heavy atom. The molecule has 1 rings (SSSR count). The molecule has 3 nitrogen and oxygen atoms in total. The maximum Gasteiger partial charge on any atom is 0.168 e. The number of hydrogen-bond acceptors (Lipinski definition) is 3. The molecular formula is C9H12NO2Si. The smallest absolute Gasteiger partial charge is 0.168 e. The van der Waals surface area contributed by atoms with Crippen molar-refractivity contribution in [3.8, 4) is 0 Å². The summed E-state index contributed by atoms with van der Waals surface area (Å²) in [5, 5.41) is 0. The molecule has 4 heteroatoms. The molecule has 2 N–H and O–H groups in total. The van der Waals surface area contributed by atoms with Gasteiger partial charge >= 0.3 is 0 Å². The summed E-state index contributed by atoms with van der Waals surface area (Å²) in [5.41, 5.74) is 6.23. The summed E-state index contributed by atoms with van der Waals surface area (Å²) < 4.78 is 10.3. The zero-order valence-electron chi connectivity index (χ0n) is 7.70. The number of benzene rings is 1. The van der Waals surface area contributed by atoms with Gasteiger partial charge in [0.1, 0.15) is 10.2 Å². The minimum Gasteiger partial charge on any atom is -0.399 e. The molecule has 0 aromatic heterocycles. The predicted octanol–water partition coefficient (Wildman–Crippen LogP) is 0.840. The Balaban J connectivity index is 3.05. The van der Waals surface area contributed by atoms with E-state index in [2.05, 4.69) is 10.2 Å². The van der Waals surface area contributed by atoms with Gasteiger partial charge in [-0.1, -0.05) is 12.1 Å². The van der Waals surface area contributed by atoms with E-state index in [1.54, 1.807) is 20.3 Å². The predicted molar refractivity (Wildman–Crippen MR) is 52.3 cm³/mol. The summed E-state index contributed by atoms with van der Waals surface area (Å²) in [7, 11) is 6.49. The topological polar surface area (TPSA) is 44.5 Å². The van der Waals surface area contributed by atoms with E-state index in [1.807, 2.05) is 18.2 Å². The van der Waals surface area contributed by atoms with E-state index in [4.69, 9.17) is 15.2 Å². The van der Waals surface area contributed by atoms with Crippen LogP contribution >= 0.6 is 0 Å². The Morgan fingerprint density at radius 3 is 2.38 bits per heavy atom. The monoisotopic (exact) mass is 194 g/mol. The highest BCUT2D eigenvalue weighted by molar-refractivity contribution is 6.13. The first-order valence-electron chi connectivity index (χ1n) is 3.83. The highest BCUT2D eigenvalue weighted by Crippen LogP contribution is 2.23. The molecule has 69 valence electrons. The third-order valence-corrected chi connectivity index (χ3v) is 2.54. The minimum atomic E-state index is -0.907. The molecule has 0 aliphatic carbocycles. The van der Waals surface area contributed by atoms with Gasteiger partial charge in [-0.15, -0.1) is 0 Å². The van der Waals surface area contributed by atoms with Crippen LogP contribution in [0.2, 0.25) is 0 Å². The fourth-order valence-corrected chi connectivity index (χ4v) is 1.22. The first kappa shape index (κ1) is 10.2. The Hall–Kier alpha value is -0.843. The summed E-state index contributed by atoms with van der Waals surface area (Å²) in [4.78, 5) is 0. The zero-order valence-corrected chi connectivity index (χ0v) is 8.70.